The molecule has 0 saturated carbocycles. The minimum Gasteiger partial charge on any atom is -0.465 e. The topological polar surface area (TPSA) is 117 Å². The third-order valence-electron chi connectivity index (χ3n) is 3.87. The predicted molar refractivity (Wildman–Crippen MR) is 81.2 cm³/mol. The second-order valence-corrected chi connectivity index (χ2v) is 5.58. The Kier molecular flexibility index (Phi) is 5.23. The van der Waals surface area contributed by atoms with Crippen LogP contribution in [0.4, 0.5) is 0 Å². The van der Waals surface area contributed by atoms with Gasteiger partial charge in [0.15, 0.2) is 6.10 Å². The molecule has 1 N–H and O–H groups in total. The first-order valence-electron chi connectivity index (χ1n) is 7.64. The van der Waals surface area contributed by atoms with Crippen molar-refractivity contribution in [2.75, 3.05) is 13.2 Å². The zero-order valence-electron chi connectivity index (χ0n) is 13.7. The summed E-state index contributed by atoms with van der Waals surface area (Å²) in [5.74, 6) is -1.31. The fraction of sp³-hybridized carbons (Fsp3) is 0.600. The summed E-state index contributed by atoms with van der Waals surface area (Å²) in [5.41, 5.74) is -2.55. The number of esters is 2. The number of hydrogen-bond donors (Lipinski definition) is 1. The molecule has 132 valence electrons. The average Bonchev–Trinajstić information content (AvgIpc) is 2.87. The van der Waals surface area contributed by atoms with Gasteiger partial charge < -0.3 is 14.2 Å². The van der Waals surface area contributed by atoms with Gasteiger partial charge in [-0.15, -0.1) is 0 Å². The van der Waals surface area contributed by atoms with Crippen molar-refractivity contribution in [3.63, 3.8) is 0 Å². The summed E-state index contributed by atoms with van der Waals surface area (Å²) in [6.07, 6.45) is -0.829. The van der Waals surface area contributed by atoms with Crippen molar-refractivity contribution < 1.29 is 23.8 Å². The molecule has 0 radical (unpaired) electrons. The van der Waals surface area contributed by atoms with Crippen molar-refractivity contribution in [3.05, 3.63) is 33.1 Å². The van der Waals surface area contributed by atoms with E-state index in [4.69, 9.17) is 14.2 Å². The van der Waals surface area contributed by atoms with Crippen LogP contribution >= 0.6 is 0 Å². The lowest BCUT2D eigenvalue weighted by molar-refractivity contribution is -0.172. The van der Waals surface area contributed by atoms with Crippen LogP contribution in [0.25, 0.3) is 0 Å². The van der Waals surface area contributed by atoms with Crippen LogP contribution in [0.5, 0.6) is 0 Å². The fourth-order valence-electron chi connectivity index (χ4n) is 2.66. The molecular weight excluding hydrogens is 320 g/mol. The van der Waals surface area contributed by atoms with E-state index in [9.17, 15) is 19.2 Å². The molecule has 1 saturated heterocycles. The smallest absolute Gasteiger partial charge is 0.336 e. The number of nitrogens with zero attached hydrogens (tertiary/aromatic N) is 1. The van der Waals surface area contributed by atoms with Gasteiger partial charge in [-0.2, -0.15) is 0 Å². The van der Waals surface area contributed by atoms with Crippen LogP contribution in [-0.2, 0) is 23.8 Å². The molecule has 24 heavy (non-hydrogen) atoms. The summed E-state index contributed by atoms with van der Waals surface area (Å²) in [4.78, 5) is 49.7. The Morgan fingerprint density at radius 1 is 1.33 bits per heavy atom. The molecule has 1 aliphatic rings. The maximum Gasteiger partial charge on any atom is 0.336 e. The van der Waals surface area contributed by atoms with Crippen molar-refractivity contribution in [1.82, 2.24) is 9.55 Å². The van der Waals surface area contributed by atoms with Gasteiger partial charge in [0.05, 0.1) is 13.2 Å². The molecule has 1 fully saturated rings. The summed E-state index contributed by atoms with van der Waals surface area (Å²) in [6.45, 7) is 5.09. The molecule has 3 atom stereocenters. The lowest BCUT2D eigenvalue weighted by Gasteiger charge is -2.25. The molecule has 9 heteroatoms. The number of ether oxygens (including phenoxy) is 3. The molecule has 2 heterocycles. The highest BCUT2D eigenvalue weighted by atomic mass is 16.6. The monoisotopic (exact) mass is 340 g/mol. The van der Waals surface area contributed by atoms with Gasteiger partial charge in [-0.3, -0.25) is 19.1 Å². The van der Waals surface area contributed by atoms with E-state index in [1.54, 1.807) is 13.8 Å². The summed E-state index contributed by atoms with van der Waals surface area (Å²) in [7, 11) is 0. The van der Waals surface area contributed by atoms with E-state index < -0.39 is 40.9 Å². The van der Waals surface area contributed by atoms with Crippen LogP contribution in [0.3, 0.4) is 0 Å². The quantitative estimate of drug-likeness (QED) is 0.747. The highest BCUT2D eigenvalue weighted by Gasteiger charge is 2.56. The van der Waals surface area contributed by atoms with Gasteiger partial charge in [-0.1, -0.05) is 0 Å². The average molecular weight is 340 g/mol. The lowest BCUT2D eigenvalue weighted by atomic mass is 9.82. The number of aromatic amines is 1. The summed E-state index contributed by atoms with van der Waals surface area (Å²) < 4.78 is 16.8. The van der Waals surface area contributed by atoms with E-state index in [2.05, 4.69) is 4.98 Å². The first-order valence-corrected chi connectivity index (χ1v) is 7.64. The molecule has 1 unspecified atom stereocenters. The number of rotatable bonds is 5. The Balaban J connectivity index is 2.38. The molecule has 0 bridgehead atoms. The number of H-pyrrole nitrogens is 1. The van der Waals surface area contributed by atoms with Gasteiger partial charge in [0.1, 0.15) is 11.6 Å². The van der Waals surface area contributed by atoms with Gasteiger partial charge >= 0.3 is 17.6 Å². The Labute approximate surface area is 137 Å². The molecule has 0 aromatic carbocycles. The fourth-order valence-corrected chi connectivity index (χ4v) is 2.66. The van der Waals surface area contributed by atoms with Crippen molar-refractivity contribution in [1.29, 1.82) is 0 Å². The van der Waals surface area contributed by atoms with E-state index in [1.165, 1.54) is 13.1 Å². The van der Waals surface area contributed by atoms with Crippen LogP contribution < -0.4 is 11.2 Å². The first kappa shape index (κ1) is 17.9. The van der Waals surface area contributed by atoms with E-state index in [0.717, 1.165) is 10.6 Å². The van der Waals surface area contributed by atoms with Crippen molar-refractivity contribution >= 4 is 11.9 Å². The Morgan fingerprint density at radius 2 is 2.00 bits per heavy atom. The number of carbonyl (C=O) groups is 2. The number of carbonyl (C=O) groups excluding carboxylic acids is 2. The molecule has 0 aliphatic carbocycles. The minimum absolute atomic E-state index is 0.0290. The second kappa shape index (κ2) is 7.00. The molecule has 9 nitrogen and oxygen atoms in total. The number of aromatic nitrogens is 2. The van der Waals surface area contributed by atoms with Crippen LogP contribution in [0, 0.1) is 5.41 Å². The van der Waals surface area contributed by atoms with Gasteiger partial charge in [-0.05, 0) is 20.8 Å². The Hall–Kier alpha value is -2.42. The third kappa shape index (κ3) is 3.25. The molecule has 1 aliphatic heterocycles. The van der Waals surface area contributed by atoms with Gasteiger partial charge in [-0.25, -0.2) is 9.59 Å². The molecule has 0 amide bonds. The van der Waals surface area contributed by atoms with E-state index >= 15 is 0 Å². The van der Waals surface area contributed by atoms with E-state index in [1.807, 2.05) is 0 Å². The second-order valence-electron chi connectivity index (χ2n) is 5.58. The molecule has 1 aromatic rings. The minimum atomic E-state index is -1.30. The largest absolute Gasteiger partial charge is 0.465 e. The van der Waals surface area contributed by atoms with E-state index in [0.29, 0.717) is 0 Å². The highest BCUT2D eigenvalue weighted by Crippen LogP contribution is 2.44. The van der Waals surface area contributed by atoms with Gasteiger partial charge in [0.2, 0.25) is 0 Å². The summed E-state index contributed by atoms with van der Waals surface area (Å²) >= 11 is 0. The maximum atomic E-state index is 12.3. The normalized spacial score (nSPS) is 26.1. The summed E-state index contributed by atoms with van der Waals surface area (Å²) in [6, 6.07) is 1.16. The lowest BCUT2D eigenvalue weighted by Crippen LogP contribution is -2.43. The zero-order valence-corrected chi connectivity index (χ0v) is 13.7. The summed E-state index contributed by atoms with van der Waals surface area (Å²) in [5, 5.41) is 0. The van der Waals surface area contributed by atoms with Crippen molar-refractivity contribution in [2.45, 2.75) is 39.5 Å². The first-order chi connectivity index (χ1) is 11.3. The predicted octanol–water partition coefficient (Wildman–Crippen LogP) is -0.0434. The van der Waals surface area contributed by atoms with Crippen LogP contribution in [0.2, 0.25) is 0 Å². The van der Waals surface area contributed by atoms with E-state index in [-0.39, 0.29) is 19.6 Å². The third-order valence-corrected chi connectivity index (χ3v) is 3.87. The SMILES string of the molecule is CCOC(=O)[C@H]1O[C@H](n2ccc(=O)[nH]c2=O)CC1(C)C(=O)OCC. The van der Waals surface area contributed by atoms with Crippen molar-refractivity contribution in [3.8, 4) is 0 Å². The van der Waals surface area contributed by atoms with Crippen LogP contribution in [0.15, 0.2) is 21.9 Å². The highest BCUT2D eigenvalue weighted by molar-refractivity contribution is 5.87. The standard InChI is InChI=1S/C15H20N2O7/c1-4-22-12(19)11-15(3,13(20)23-5-2)8-10(24-11)17-7-6-9(18)16-14(17)21/h6-7,10-11H,4-5,8H2,1-3H3,(H,16,18,21)/t10-,11+,15?/m0/s1. The molecule has 1 aromatic heterocycles. The number of hydrogen-bond acceptors (Lipinski definition) is 7. The van der Waals surface area contributed by atoms with Crippen LogP contribution in [-0.4, -0.2) is 40.8 Å². The zero-order chi connectivity index (χ0) is 17.9. The van der Waals surface area contributed by atoms with Crippen LogP contribution in [0.1, 0.15) is 33.4 Å². The van der Waals surface area contributed by atoms with Gasteiger partial charge in [0, 0.05) is 18.7 Å². The molecule has 2 rings (SSSR count). The number of nitrogens with one attached hydrogen (secondary N) is 1. The molecular formula is C15H20N2O7. The maximum absolute atomic E-state index is 12.3. The Morgan fingerprint density at radius 3 is 2.58 bits per heavy atom. The Bertz CT molecular complexity index is 738. The molecule has 0 spiro atoms. The van der Waals surface area contributed by atoms with Crippen molar-refractivity contribution in [2.24, 2.45) is 5.41 Å². The van der Waals surface area contributed by atoms with Gasteiger partial charge in [0.25, 0.3) is 5.56 Å².